The molecule has 1 N–H and O–H groups in total. The zero-order valence-corrected chi connectivity index (χ0v) is 11.2. The van der Waals surface area contributed by atoms with Gasteiger partial charge in [-0.2, -0.15) is 5.10 Å². The Balaban J connectivity index is 2.12. The molecule has 0 saturated carbocycles. The minimum absolute atomic E-state index is 0.149. The number of nitrogens with zero attached hydrogens (tertiary/aromatic N) is 3. The van der Waals surface area contributed by atoms with Gasteiger partial charge in [0.05, 0.1) is 5.69 Å². The molecule has 0 unspecified atom stereocenters. The molecule has 0 atom stereocenters. The van der Waals surface area contributed by atoms with E-state index < -0.39 is 0 Å². The highest BCUT2D eigenvalue weighted by Gasteiger charge is 2.26. The highest BCUT2D eigenvalue weighted by molar-refractivity contribution is 5.39. The van der Waals surface area contributed by atoms with Crippen LogP contribution in [0.5, 0.6) is 0 Å². The number of aromatic nitrogens is 2. The van der Waals surface area contributed by atoms with Gasteiger partial charge in [-0.25, -0.2) is 0 Å². The fraction of sp³-hybridized carbons (Fsp3) is 0.692. The van der Waals surface area contributed by atoms with Crippen molar-refractivity contribution in [2.24, 2.45) is 0 Å². The minimum atomic E-state index is 0.149. The lowest BCUT2D eigenvalue weighted by atomic mass is 10.0. The molecule has 1 aliphatic rings. The second-order valence-electron chi connectivity index (χ2n) is 5.70. The van der Waals surface area contributed by atoms with Gasteiger partial charge in [-0.1, -0.05) is 13.8 Å². The predicted molar refractivity (Wildman–Crippen MR) is 70.4 cm³/mol. The highest BCUT2D eigenvalue weighted by atomic mass is 15.3. The summed E-state index contributed by atoms with van der Waals surface area (Å²) in [5, 5.41) is 12.1. The third kappa shape index (κ3) is 2.94. The molecule has 1 saturated heterocycles. The summed E-state index contributed by atoms with van der Waals surface area (Å²) >= 11 is 0. The average Bonchev–Trinajstić information content (AvgIpc) is 2.28. The lowest BCUT2D eigenvalue weighted by Gasteiger charge is -2.39. The molecule has 0 spiro atoms. The van der Waals surface area contributed by atoms with Crippen LogP contribution in [-0.4, -0.2) is 35.4 Å². The monoisotopic (exact) mass is 234 g/mol. The number of hydrogen-bond acceptors (Lipinski definition) is 4. The van der Waals surface area contributed by atoms with Crippen LogP contribution in [0.2, 0.25) is 0 Å². The molecule has 1 aromatic rings. The molecule has 0 radical (unpaired) electrons. The molecule has 0 amide bonds. The molecule has 94 valence electrons. The van der Waals surface area contributed by atoms with Crippen molar-refractivity contribution >= 4 is 5.82 Å². The van der Waals surface area contributed by atoms with Gasteiger partial charge in [0.25, 0.3) is 0 Å². The van der Waals surface area contributed by atoms with Crippen LogP contribution in [0.4, 0.5) is 5.82 Å². The van der Waals surface area contributed by atoms with Crippen molar-refractivity contribution in [3.8, 4) is 0 Å². The van der Waals surface area contributed by atoms with Crippen LogP contribution in [0.3, 0.4) is 0 Å². The van der Waals surface area contributed by atoms with Gasteiger partial charge in [0.2, 0.25) is 0 Å². The predicted octanol–water partition coefficient (Wildman–Crippen LogP) is 1.79. The molecular weight excluding hydrogens is 212 g/mol. The van der Waals surface area contributed by atoms with Gasteiger partial charge in [0.15, 0.2) is 5.82 Å². The number of rotatable bonds is 2. The van der Waals surface area contributed by atoms with Crippen LogP contribution < -0.4 is 10.2 Å². The zero-order valence-electron chi connectivity index (χ0n) is 11.2. The molecule has 2 heterocycles. The first-order chi connectivity index (χ1) is 7.98. The minimum Gasteiger partial charge on any atom is -0.352 e. The van der Waals surface area contributed by atoms with Gasteiger partial charge >= 0.3 is 0 Å². The Morgan fingerprint density at radius 2 is 2.06 bits per heavy atom. The molecule has 17 heavy (non-hydrogen) atoms. The van der Waals surface area contributed by atoms with Crippen molar-refractivity contribution in [3.05, 3.63) is 17.8 Å². The van der Waals surface area contributed by atoms with Crippen LogP contribution in [-0.2, 0) is 0 Å². The summed E-state index contributed by atoms with van der Waals surface area (Å²) in [5.41, 5.74) is 1.21. The van der Waals surface area contributed by atoms with Gasteiger partial charge in [0, 0.05) is 25.2 Å². The molecule has 1 aromatic heterocycles. The smallest absolute Gasteiger partial charge is 0.151 e. The van der Waals surface area contributed by atoms with Gasteiger partial charge in [-0.15, -0.1) is 5.10 Å². The van der Waals surface area contributed by atoms with Crippen LogP contribution in [0.15, 0.2) is 12.1 Å². The molecule has 0 bridgehead atoms. The van der Waals surface area contributed by atoms with Crippen molar-refractivity contribution in [1.82, 2.24) is 15.5 Å². The van der Waals surface area contributed by atoms with Crippen molar-refractivity contribution in [2.75, 3.05) is 24.5 Å². The summed E-state index contributed by atoms with van der Waals surface area (Å²) in [6.07, 6.45) is 0. The Bertz CT molecular complexity index is 370. The molecule has 4 heteroatoms. The van der Waals surface area contributed by atoms with E-state index in [2.05, 4.69) is 60.2 Å². The fourth-order valence-corrected chi connectivity index (χ4v) is 2.15. The van der Waals surface area contributed by atoms with Gasteiger partial charge in [-0.05, 0) is 31.9 Å². The molecule has 1 fully saturated rings. The molecule has 1 aliphatic heterocycles. The maximum atomic E-state index is 4.34. The van der Waals surface area contributed by atoms with E-state index in [9.17, 15) is 0 Å². The maximum Gasteiger partial charge on any atom is 0.151 e. The maximum absolute atomic E-state index is 4.34. The first-order valence-corrected chi connectivity index (χ1v) is 6.31. The van der Waals surface area contributed by atoms with E-state index in [-0.39, 0.29) is 5.54 Å². The van der Waals surface area contributed by atoms with E-state index in [4.69, 9.17) is 0 Å². The van der Waals surface area contributed by atoms with Crippen molar-refractivity contribution in [3.63, 3.8) is 0 Å². The van der Waals surface area contributed by atoms with E-state index in [1.54, 1.807) is 0 Å². The Kier molecular flexibility index (Phi) is 3.33. The van der Waals surface area contributed by atoms with Crippen LogP contribution in [0, 0.1) is 0 Å². The topological polar surface area (TPSA) is 41.0 Å². The van der Waals surface area contributed by atoms with E-state index in [1.165, 1.54) is 0 Å². The number of anilines is 1. The summed E-state index contributed by atoms with van der Waals surface area (Å²) in [7, 11) is 0. The lowest BCUT2D eigenvalue weighted by molar-refractivity contribution is 0.351. The second-order valence-corrected chi connectivity index (χ2v) is 5.70. The summed E-state index contributed by atoms with van der Waals surface area (Å²) < 4.78 is 0. The largest absolute Gasteiger partial charge is 0.352 e. The first kappa shape index (κ1) is 12.3. The Morgan fingerprint density at radius 3 is 2.59 bits per heavy atom. The zero-order chi connectivity index (χ0) is 12.5. The van der Waals surface area contributed by atoms with Crippen LogP contribution in [0.1, 0.15) is 39.3 Å². The summed E-state index contributed by atoms with van der Waals surface area (Å²) in [4.78, 5) is 2.30. The SMILES string of the molecule is CC(C)c1ccc(N2CCNC(C)(C)C2)nn1. The molecule has 0 aromatic carbocycles. The van der Waals surface area contributed by atoms with Crippen LogP contribution in [0.25, 0.3) is 0 Å². The summed E-state index contributed by atoms with van der Waals surface area (Å²) in [5.74, 6) is 1.43. The van der Waals surface area contributed by atoms with Gasteiger partial charge in [-0.3, -0.25) is 0 Å². The summed E-state index contributed by atoms with van der Waals surface area (Å²) in [6, 6.07) is 4.17. The van der Waals surface area contributed by atoms with Gasteiger partial charge in [0.1, 0.15) is 0 Å². The number of piperazine rings is 1. The fourth-order valence-electron chi connectivity index (χ4n) is 2.15. The second kappa shape index (κ2) is 4.61. The van der Waals surface area contributed by atoms with Crippen LogP contribution >= 0.6 is 0 Å². The number of nitrogens with one attached hydrogen (secondary N) is 1. The number of hydrogen-bond donors (Lipinski definition) is 1. The third-order valence-electron chi connectivity index (χ3n) is 3.16. The Labute approximate surface area is 103 Å². The van der Waals surface area contributed by atoms with Gasteiger partial charge < -0.3 is 10.2 Å². The first-order valence-electron chi connectivity index (χ1n) is 6.31. The van der Waals surface area contributed by atoms with Crippen molar-refractivity contribution in [2.45, 2.75) is 39.2 Å². The Hall–Kier alpha value is -1.16. The lowest BCUT2D eigenvalue weighted by Crippen LogP contribution is -2.57. The normalized spacial score (nSPS) is 19.7. The highest BCUT2D eigenvalue weighted by Crippen LogP contribution is 2.18. The Morgan fingerprint density at radius 1 is 1.29 bits per heavy atom. The van der Waals surface area contributed by atoms with E-state index in [1.807, 2.05) is 0 Å². The molecule has 0 aliphatic carbocycles. The van der Waals surface area contributed by atoms with Crippen molar-refractivity contribution < 1.29 is 0 Å². The van der Waals surface area contributed by atoms with E-state index in [0.717, 1.165) is 31.1 Å². The third-order valence-corrected chi connectivity index (χ3v) is 3.16. The van der Waals surface area contributed by atoms with Crippen molar-refractivity contribution in [1.29, 1.82) is 0 Å². The standard InChI is InChI=1S/C13H22N4/c1-10(2)11-5-6-12(16-15-11)17-8-7-14-13(3,4)9-17/h5-6,10,14H,7-9H2,1-4H3. The molecular formula is C13H22N4. The molecule has 4 nitrogen and oxygen atoms in total. The van der Waals surface area contributed by atoms with E-state index >= 15 is 0 Å². The average molecular weight is 234 g/mol. The quantitative estimate of drug-likeness (QED) is 0.847. The van der Waals surface area contributed by atoms with E-state index in [0.29, 0.717) is 5.92 Å². The summed E-state index contributed by atoms with van der Waals surface area (Å²) in [6.45, 7) is 11.7. The molecule has 2 rings (SSSR count).